The third-order valence-electron chi connectivity index (χ3n) is 3.73. The van der Waals surface area contributed by atoms with Crippen molar-refractivity contribution in [2.75, 3.05) is 5.73 Å². The predicted molar refractivity (Wildman–Crippen MR) is 84.0 cm³/mol. The maximum Gasteiger partial charge on any atom is 0.129 e. The predicted octanol–water partition coefficient (Wildman–Crippen LogP) is 2.72. The minimum absolute atomic E-state index is 0.540. The summed E-state index contributed by atoms with van der Waals surface area (Å²) >= 11 is 0. The van der Waals surface area contributed by atoms with Gasteiger partial charge in [0.2, 0.25) is 0 Å². The van der Waals surface area contributed by atoms with E-state index in [9.17, 15) is 0 Å². The lowest BCUT2D eigenvalue weighted by atomic mass is 10.2. The number of anilines is 1. The highest BCUT2D eigenvalue weighted by Crippen LogP contribution is 2.20. The molecule has 21 heavy (non-hydrogen) atoms. The van der Waals surface area contributed by atoms with Crippen LogP contribution in [0.15, 0.2) is 30.6 Å². The molecule has 0 saturated heterocycles. The van der Waals surface area contributed by atoms with Gasteiger partial charge in [0.25, 0.3) is 0 Å². The van der Waals surface area contributed by atoms with E-state index in [4.69, 9.17) is 10.7 Å². The lowest BCUT2D eigenvalue weighted by molar-refractivity contribution is 0.661. The second-order valence-electron chi connectivity index (χ2n) is 5.18. The summed E-state index contributed by atoms with van der Waals surface area (Å²) in [6.07, 6.45) is 3.26. The number of nitrogen functional groups attached to an aromatic ring is 1. The first-order chi connectivity index (χ1) is 10.2. The topological polar surface area (TPSA) is 69.6 Å². The minimum Gasteiger partial charge on any atom is -0.383 e. The van der Waals surface area contributed by atoms with Crippen molar-refractivity contribution in [2.45, 2.75) is 33.2 Å². The number of nitrogens with two attached hydrogens (primary N) is 1. The number of aromatic nitrogens is 4. The molecule has 0 aliphatic carbocycles. The summed E-state index contributed by atoms with van der Waals surface area (Å²) in [6, 6.07) is 8.23. The maximum absolute atomic E-state index is 5.87. The van der Waals surface area contributed by atoms with Crippen molar-refractivity contribution in [3.05, 3.63) is 47.7 Å². The number of para-hydroxylation sites is 2. The van der Waals surface area contributed by atoms with Gasteiger partial charge in [-0.1, -0.05) is 19.1 Å². The van der Waals surface area contributed by atoms with Crippen LogP contribution in [0.2, 0.25) is 0 Å². The SMILES string of the molecule is CCCn1c(Cc2ncnc(N)c2C)nc2ccccc21. The highest BCUT2D eigenvalue weighted by atomic mass is 15.1. The van der Waals surface area contributed by atoms with E-state index in [2.05, 4.69) is 27.5 Å². The molecule has 0 saturated carbocycles. The Bertz CT molecular complexity index is 775. The van der Waals surface area contributed by atoms with Crippen LogP contribution in [-0.2, 0) is 13.0 Å². The Balaban J connectivity index is 2.07. The second-order valence-corrected chi connectivity index (χ2v) is 5.18. The number of hydrogen-bond acceptors (Lipinski definition) is 4. The quantitative estimate of drug-likeness (QED) is 0.798. The molecule has 0 aliphatic rings. The van der Waals surface area contributed by atoms with Crippen LogP contribution in [-0.4, -0.2) is 19.5 Å². The number of fused-ring (bicyclic) bond motifs is 1. The first-order valence-electron chi connectivity index (χ1n) is 7.20. The van der Waals surface area contributed by atoms with Crippen LogP contribution in [0.4, 0.5) is 5.82 Å². The lowest BCUT2D eigenvalue weighted by Gasteiger charge is -2.09. The van der Waals surface area contributed by atoms with Crippen LogP contribution in [0.3, 0.4) is 0 Å². The average Bonchev–Trinajstić information content (AvgIpc) is 2.82. The highest BCUT2D eigenvalue weighted by Gasteiger charge is 2.13. The monoisotopic (exact) mass is 281 g/mol. The van der Waals surface area contributed by atoms with E-state index < -0.39 is 0 Å². The fourth-order valence-electron chi connectivity index (χ4n) is 2.56. The first-order valence-corrected chi connectivity index (χ1v) is 7.20. The molecule has 0 spiro atoms. The van der Waals surface area contributed by atoms with Crippen molar-refractivity contribution in [1.82, 2.24) is 19.5 Å². The Kier molecular flexibility index (Phi) is 3.56. The van der Waals surface area contributed by atoms with Gasteiger partial charge in [-0.25, -0.2) is 15.0 Å². The standard InChI is InChI=1S/C16H19N5/c1-3-8-21-14-7-5-4-6-12(14)20-15(21)9-13-11(2)16(17)19-10-18-13/h4-7,10H,3,8-9H2,1-2H3,(H2,17,18,19). The number of rotatable bonds is 4. The smallest absolute Gasteiger partial charge is 0.129 e. The summed E-state index contributed by atoms with van der Waals surface area (Å²) < 4.78 is 2.27. The molecule has 0 unspecified atom stereocenters. The summed E-state index contributed by atoms with van der Waals surface area (Å²) in [5.41, 5.74) is 9.95. The van der Waals surface area contributed by atoms with E-state index in [1.54, 1.807) is 0 Å². The van der Waals surface area contributed by atoms with Crippen molar-refractivity contribution in [3.63, 3.8) is 0 Å². The molecule has 1 aromatic carbocycles. The van der Waals surface area contributed by atoms with Crippen molar-refractivity contribution >= 4 is 16.9 Å². The Morgan fingerprint density at radius 3 is 2.81 bits per heavy atom. The third-order valence-corrected chi connectivity index (χ3v) is 3.73. The fourth-order valence-corrected chi connectivity index (χ4v) is 2.56. The number of nitrogens with zero attached hydrogens (tertiary/aromatic N) is 4. The zero-order chi connectivity index (χ0) is 14.8. The molecule has 2 heterocycles. The summed E-state index contributed by atoms with van der Waals surface area (Å²) in [5.74, 6) is 1.57. The van der Waals surface area contributed by atoms with E-state index in [1.807, 2.05) is 25.1 Å². The van der Waals surface area contributed by atoms with E-state index in [0.717, 1.165) is 35.6 Å². The van der Waals surface area contributed by atoms with Crippen LogP contribution in [0.25, 0.3) is 11.0 Å². The minimum atomic E-state index is 0.540. The van der Waals surface area contributed by atoms with Gasteiger partial charge in [0.05, 0.1) is 16.7 Å². The molecule has 0 atom stereocenters. The van der Waals surface area contributed by atoms with Gasteiger partial charge in [0.15, 0.2) is 0 Å². The summed E-state index contributed by atoms with van der Waals surface area (Å²) in [7, 11) is 0. The molecule has 3 rings (SSSR count). The second kappa shape index (κ2) is 5.52. The number of aryl methyl sites for hydroxylation is 1. The van der Waals surface area contributed by atoms with Gasteiger partial charge in [0.1, 0.15) is 18.0 Å². The first kappa shape index (κ1) is 13.5. The number of benzene rings is 1. The van der Waals surface area contributed by atoms with Crippen molar-refractivity contribution in [3.8, 4) is 0 Å². The van der Waals surface area contributed by atoms with Gasteiger partial charge in [-0.3, -0.25) is 0 Å². The average molecular weight is 281 g/mol. The van der Waals surface area contributed by atoms with Crippen molar-refractivity contribution < 1.29 is 0 Å². The van der Waals surface area contributed by atoms with E-state index >= 15 is 0 Å². The van der Waals surface area contributed by atoms with E-state index in [1.165, 1.54) is 11.8 Å². The van der Waals surface area contributed by atoms with Gasteiger partial charge < -0.3 is 10.3 Å². The van der Waals surface area contributed by atoms with Gasteiger partial charge >= 0.3 is 0 Å². The molecule has 2 N–H and O–H groups in total. The Hall–Kier alpha value is -2.43. The van der Waals surface area contributed by atoms with Gasteiger partial charge in [-0.15, -0.1) is 0 Å². The molecule has 0 amide bonds. The van der Waals surface area contributed by atoms with E-state index in [-0.39, 0.29) is 0 Å². The zero-order valence-electron chi connectivity index (χ0n) is 12.4. The zero-order valence-corrected chi connectivity index (χ0v) is 12.4. The van der Waals surface area contributed by atoms with Crippen LogP contribution < -0.4 is 5.73 Å². The summed E-state index contributed by atoms with van der Waals surface area (Å²) in [4.78, 5) is 13.1. The third kappa shape index (κ3) is 2.46. The molecule has 5 nitrogen and oxygen atoms in total. The maximum atomic E-state index is 5.87. The molecule has 0 fully saturated rings. The van der Waals surface area contributed by atoms with Gasteiger partial charge in [-0.2, -0.15) is 0 Å². The van der Waals surface area contributed by atoms with E-state index in [0.29, 0.717) is 12.2 Å². The molecule has 0 aliphatic heterocycles. The Labute approximate surface area is 123 Å². The molecule has 5 heteroatoms. The molecule has 108 valence electrons. The molecule has 0 radical (unpaired) electrons. The molecule has 3 aromatic rings. The Morgan fingerprint density at radius 1 is 1.19 bits per heavy atom. The largest absolute Gasteiger partial charge is 0.383 e. The van der Waals surface area contributed by atoms with Gasteiger partial charge in [-0.05, 0) is 25.5 Å². The van der Waals surface area contributed by atoms with Crippen molar-refractivity contribution in [2.24, 2.45) is 0 Å². The fraction of sp³-hybridized carbons (Fsp3) is 0.312. The molecule has 2 aromatic heterocycles. The Morgan fingerprint density at radius 2 is 2.00 bits per heavy atom. The van der Waals surface area contributed by atoms with Crippen LogP contribution in [0.1, 0.15) is 30.4 Å². The van der Waals surface area contributed by atoms with Crippen LogP contribution in [0, 0.1) is 6.92 Å². The summed E-state index contributed by atoms with van der Waals surface area (Å²) in [5, 5.41) is 0. The van der Waals surface area contributed by atoms with Crippen LogP contribution >= 0.6 is 0 Å². The van der Waals surface area contributed by atoms with Crippen LogP contribution in [0.5, 0.6) is 0 Å². The van der Waals surface area contributed by atoms with Gasteiger partial charge in [0, 0.05) is 18.5 Å². The highest BCUT2D eigenvalue weighted by molar-refractivity contribution is 5.76. The normalized spacial score (nSPS) is 11.1. The molecule has 0 bridgehead atoms. The molecular formula is C16H19N5. The summed E-state index contributed by atoms with van der Waals surface area (Å²) in [6.45, 7) is 5.08. The number of imidazole rings is 1. The lowest BCUT2D eigenvalue weighted by Crippen LogP contribution is -2.08. The molecular weight excluding hydrogens is 262 g/mol. The number of hydrogen-bond donors (Lipinski definition) is 1. The van der Waals surface area contributed by atoms with Crippen molar-refractivity contribution in [1.29, 1.82) is 0 Å².